The van der Waals surface area contributed by atoms with Crippen LogP contribution in [0, 0.1) is 0 Å². The van der Waals surface area contributed by atoms with Gasteiger partial charge in [0.05, 0.1) is 11.9 Å². The summed E-state index contributed by atoms with van der Waals surface area (Å²) < 4.78 is 4.96. The Morgan fingerprint density at radius 2 is 2.00 bits per heavy atom. The predicted molar refractivity (Wildman–Crippen MR) is 87.0 cm³/mol. The van der Waals surface area contributed by atoms with E-state index in [1.807, 2.05) is 38.1 Å². The van der Waals surface area contributed by atoms with Crippen molar-refractivity contribution in [2.75, 3.05) is 5.73 Å². The van der Waals surface area contributed by atoms with Crippen molar-refractivity contribution in [1.82, 2.24) is 18.9 Å². The summed E-state index contributed by atoms with van der Waals surface area (Å²) in [4.78, 5) is 12.4. The van der Waals surface area contributed by atoms with Gasteiger partial charge in [0.15, 0.2) is 0 Å². The van der Waals surface area contributed by atoms with Crippen LogP contribution < -0.4 is 11.4 Å². The number of aryl methyl sites for hydroxylation is 1. The summed E-state index contributed by atoms with van der Waals surface area (Å²) in [5, 5.41) is 4.16. The summed E-state index contributed by atoms with van der Waals surface area (Å²) in [5.74, 6) is 0.601. The number of anilines is 1. The fourth-order valence-electron chi connectivity index (χ4n) is 2.47. The summed E-state index contributed by atoms with van der Waals surface area (Å²) in [6.45, 7) is 3.97. The van der Waals surface area contributed by atoms with Gasteiger partial charge >= 0.3 is 5.69 Å². The number of imidazole rings is 1. The largest absolute Gasteiger partial charge is 0.383 e. The molecule has 0 aliphatic heterocycles. The fraction of sp³-hybridized carbons (Fsp3) is 0.250. The van der Waals surface area contributed by atoms with Gasteiger partial charge in [0.25, 0.3) is 0 Å². The van der Waals surface area contributed by atoms with E-state index in [0.717, 1.165) is 16.8 Å². The molecule has 3 rings (SSSR count). The summed E-state index contributed by atoms with van der Waals surface area (Å²) in [7, 11) is 1.80. The molecule has 0 amide bonds. The topological polar surface area (TPSA) is 70.8 Å². The lowest BCUT2D eigenvalue weighted by atomic mass is 10.1. The van der Waals surface area contributed by atoms with Crippen LogP contribution in [0.4, 0.5) is 5.82 Å². The van der Waals surface area contributed by atoms with Crippen LogP contribution in [-0.4, -0.2) is 18.9 Å². The van der Waals surface area contributed by atoms with Crippen LogP contribution in [0.15, 0.2) is 47.7 Å². The second-order valence-electron chi connectivity index (χ2n) is 5.57. The molecule has 2 N–H and O–H groups in total. The Kier molecular flexibility index (Phi) is 3.36. The highest BCUT2D eigenvalue weighted by molar-refractivity contribution is 5.74. The van der Waals surface area contributed by atoms with Crippen molar-refractivity contribution in [3.05, 3.63) is 53.3 Å². The van der Waals surface area contributed by atoms with Gasteiger partial charge < -0.3 is 5.73 Å². The van der Waals surface area contributed by atoms with E-state index < -0.39 is 0 Å². The van der Waals surface area contributed by atoms with E-state index >= 15 is 0 Å². The Bertz CT molecular complexity index is 869. The second-order valence-corrected chi connectivity index (χ2v) is 5.57. The SMILES string of the molecule is CC(C)n1ccn(-c2cccc(-c3cnn(C)c3N)c2)c1=O. The molecule has 0 spiro atoms. The standard InChI is InChI=1S/C16H19N5O/c1-11(2)20-7-8-21(16(20)22)13-6-4-5-12(9-13)14-10-18-19(3)15(14)17/h4-11H,17H2,1-3H3. The maximum absolute atomic E-state index is 12.4. The maximum Gasteiger partial charge on any atom is 0.332 e. The molecule has 0 saturated carbocycles. The third-order valence-corrected chi connectivity index (χ3v) is 3.78. The van der Waals surface area contributed by atoms with Gasteiger partial charge in [0.2, 0.25) is 0 Å². The number of hydrogen-bond donors (Lipinski definition) is 1. The monoisotopic (exact) mass is 297 g/mol. The molecule has 6 nitrogen and oxygen atoms in total. The van der Waals surface area contributed by atoms with Crippen LogP contribution in [0.25, 0.3) is 16.8 Å². The van der Waals surface area contributed by atoms with Crippen LogP contribution in [-0.2, 0) is 7.05 Å². The summed E-state index contributed by atoms with van der Waals surface area (Å²) in [6, 6.07) is 7.85. The molecule has 0 saturated heterocycles. The van der Waals surface area contributed by atoms with Crippen molar-refractivity contribution in [3.63, 3.8) is 0 Å². The lowest BCUT2D eigenvalue weighted by Gasteiger charge is -2.07. The van der Waals surface area contributed by atoms with Gasteiger partial charge in [-0.25, -0.2) is 4.79 Å². The highest BCUT2D eigenvalue weighted by Crippen LogP contribution is 2.26. The number of nitrogen functional groups attached to an aromatic ring is 1. The van der Waals surface area contributed by atoms with Crippen LogP contribution in [0.1, 0.15) is 19.9 Å². The Morgan fingerprint density at radius 1 is 1.23 bits per heavy atom. The minimum atomic E-state index is -0.0497. The van der Waals surface area contributed by atoms with E-state index in [4.69, 9.17) is 5.73 Å². The second kappa shape index (κ2) is 5.22. The molecule has 114 valence electrons. The van der Waals surface area contributed by atoms with Crippen molar-refractivity contribution in [2.24, 2.45) is 7.05 Å². The predicted octanol–water partition coefficient (Wildman–Crippen LogP) is 2.20. The Labute approximate surface area is 128 Å². The molecule has 0 aliphatic carbocycles. The first kappa shape index (κ1) is 14.2. The molecule has 2 aromatic heterocycles. The molecule has 6 heteroatoms. The van der Waals surface area contributed by atoms with E-state index in [0.29, 0.717) is 5.82 Å². The number of nitrogens with zero attached hydrogens (tertiary/aromatic N) is 4. The molecular formula is C16H19N5O. The van der Waals surface area contributed by atoms with Gasteiger partial charge in [0.1, 0.15) is 5.82 Å². The van der Waals surface area contributed by atoms with Crippen LogP contribution >= 0.6 is 0 Å². The first-order valence-corrected chi connectivity index (χ1v) is 7.17. The van der Waals surface area contributed by atoms with Crippen molar-refractivity contribution >= 4 is 5.82 Å². The van der Waals surface area contributed by atoms with Crippen LogP contribution in [0.3, 0.4) is 0 Å². The zero-order chi connectivity index (χ0) is 15.9. The maximum atomic E-state index is 12.4. The van der Waals surface area contributed by atoms with E-state index in [-0.39, 0.29) is 11.7 Å². The fourth-order valence-corrected chi connectivity index (χ4v) is 2.47. The van der Waals surface area contributed by atoms with Gasteiger partial charge in [-0.05, 0) is 31.5 Å². The zero-order valence-electron chi connectivity index (χ0n) is 12.9. The smallest absolute Gasteiger partial charge is 0.332 e. The summed E-state index contributed by atoms with van der Waals surface area (Å²) >= 11 is 0. The van der Waals surface area contributed by atoms with E-state index in [1.165, 1.54) is 0 Å². The molecule has 0 bridgehead atoms. The third-order valence-electron chi connectivity index (χ3n) is 3.78. The first-order chi connectivity index (χ1) is 10.5. The lowest BCUT2D eigenvalue weighted by Crippen LogP contribution is -2.24. The third kappa shape index (κ3) is 2.22. The van der Waals surface area contributed by atoms with Gasteiger partial charge in [-0.2, -0.15) is 5.10 Å². The Hall–Kier alpha value is -2.76. The number of rotatable bonds is 3. The van der Waals surface area contributed by atoms with Crippen LogP contribution in [0.5, 0.6) is 0 Å². The summed E-state index contributed by atoms with van der Waals surface area (Å²) in [5.41, 5.74) is 8.58. The molecule has 0 unspecified atom stereocenters. The average molecular weight is 297 g/mol. The van der Waals surface area contributed by atoms with Gasteiger partial charge in [-0.1, -0.05) is 12.1 Å². The number of hydrogen-bond acceptors (Lipinski definition) is 3. The Balaban J connectivity index is 2.09. The van der Waals surface area contributed by atoms with Gasteiger partial charge in [0, 0.05) is 31.0 Å². The number of nitrogens with two attached hydrogens (primary N) is 1. The molecular weight excluding hydrogens is 278 g/mol. The normalized spacial score (nSPS) is 11.3. The number of aromatic nitrogens is 4. The molecule has 2 heterocycles. The van der Waals surface area contributed by atoms with E-state index in [9.17, 15) is 4.79 Å². The minimum absolute atomic E-state index is 0.0497. The highest BCUT2D eigenvalue weighted by atomic mass is 16.1. The molecule has 0 aliphatic rings. The Morgan fingerprint density at radius 3 is 2.59 bits per heavy atom. The van der Waals surface area contributed by atoms with Crippen molar-refractivity contribution in [3.8, 4) is 16.8 Å². The molecule has 0 fully saturated rings. The van der Waals surface area contributed by atoms with Crippen LogP contribution in [0.2, 0.25) is 0 Å². The summed E-state index contributed by atoms with van der Waals surface area (Å²) in [6.07, 6.45) is 5.32. The lowest BCUT2D eigenvalue weighted by molar-refractivity contribution is 0.574. The average Bonchev–Trinajstić information content (AvgIpc) is 3.03. The molecule has 0 radical (unpaired) electrons. The van der Waals surface area contributed by atoms with Crippen molar-refractivity contribution < 1.29 is 0 Å². The molecule has 1 aromatic carbocycles. The van der Waals surface area contributed by atoms with Crippen molar-refractivity contribution in [1.29, 1.82) is 0 Å². The number of benzene rings is 1. The van der Waals surface area contributed by atoms with E-state index in [2.05, 4.69) is 5.10 Å². The van der Waals surface area contributed by atoms with Crippen molar-refractivity contribution in [2.45, 2.75) is 19.9 Å². The van der Waals surface area contributed by atoms with Gasteiger partial charge in [-0.15, -0.1) is 0 Å². The zero-order valence-corrected chi connectivity index (χ0v) is 12.9. The first-order valence-electron chi connectivity index (χ1n) is 7.17. The van der Waals surface area contributed by atoms with Gasteiger partial charge in [-0.3, -0.25) is 13.8 Å². The quantitative estimate of drug-likeness (QED) is 0.805. The highest BCUT2D eigenvalue weighted by Gasteiger charge is 2.11. The minimum Gasteiger partial charge on any atom is -0.383 e. The molecule has 22 heavy (non-hydrogen) atoms. The molecule has 3 aromatic rings. The molecule has 0 atom stereocenters. The van der Waals surface area contributed by atoms with E-state index in [1.54, 1.807) is 39.5 Å².